The molecule has 0 bridgehead atoms. The van der Waals surface area contributed by atoms with Gasteiger partial charge in [0, 0.05) is 6.54 Å². The molecule has 9 N–H and O–H groups in total. The zero-order valence-electron chi connectivity index (χ0n) is 13.9. The topological polar surface area (TPSA) is 205 Å². The van der Waals surface area contributed by atoms with Crippen molar-refractivity contribution in [2.45, 2.75) is 61.4 Å². The minimum absolute atomic E-state index is 0.0126. The highest BCUT2D eigenvalue weighted by atomic mass is 16.7. The van der Waals surface area contributed by atoms with Gasteiger partial charge >= 0.3 is 0 Å². The van der Waals surface area contributed by atoms with Crippen LogP contribution in [0.5, 0.6) is 0 Å². The molecule has 0 amide bonds. The summed E-state index contributed by atoms with van der Waals surface area (Å²) in [6.07, 6.45) is -14.5. The molecule has 0 aromatic rings. The molecule has 12 nitrogen and oxygen atoms in total. The summed E-state index contributed by atoms with van der Waals surface area (Å²) < 4.78 is 21.1. The fraction of sp³-hybridized carbons (Fsp3) is 1.00. The Morgan fingerprint density at radius 1 is 0.769 bits per heavy atom. The smallest absolute Gasteiger partial charge is 0.187 e. The summed E-state index contributed by atoms with van der Waals surface area (Å²) in [7, 11) is 0. The molecule has 2 saturated heterocycles. The third-order valence-corrected chi connectivity index (χ3v) is 4.38. The zero-order valence-corrected chi connectivity index (χ0v) is 13.9. The number of aliphatic hydroxyl groups is 7. The summed E-state index contributed by atoms with van der Waals surface area (Å²) in [5, 5.41) is 68.6. The molecule has 154 valence electrons. The Kier molecular flexibility index (Phi) is 8.08. The minimum atomic E-state index is -1.70. The van der Waals surface area contributed by atoms with E-state index in [1.165, 1.54) is 0 Å². The van der Waals surface area contributed by atoms with Gasteiger partial charge in [0.1, 0.15) is 48.8 Å². The second kappa shape index (κ2) is 9.64. The molecular formula is C14H27NO11. The average molecular weight is 385 g/mol. The van der Waals surface area contributed by atoms with E-state index < -0.39 is 74.6 Å². The second-order valence-electron chi connectivity index (χ2n) is 6.16. The lowest BCUT2D eigenvalue weighted by Gasteiger charge is -2.46. The van der Waals surface area contributed by atoms with E-state index in [2.05, 4.69) is 0 Å². The van der Waals surface area contributed by atoms with Crippen LogP contribution in [0.25, 0.3) is 0 Å². The molecule has 0 saturated carbocycles. The molecule has 0 spiro atoms. The van der Waals surface area contributed by atoms with Crippen molar-refractivity contribution in [1.82, 2.24) is 0 Å². The van der Waals surface area contributed by atoms with Crippen LogP contribution in [0.2, 0.25) is 0 Å². The van der Waals surface area contributed by atoms with Crippen molar-refractivity contribution in [2.24, 2.45) is 5.73 Å². The first-order valence-corrected chi connectivity index (χ1v) is 8.25. The van der Waals surface area contributed by atoms with Gasteiger partial charge < -0.3 is 60.4 Å². The number of hydrogen-bond donors (Lipinski definition) is 8. The van der Waals surface area contributed by atoms with E-state index in [1.807, 2.05) is 0 Å². The van der Waals surface area contributed by atoms with Gasteiger partial charge in [0.25, 0.3) is 0 Å². The van der Waals surface area contributed by atoms with Crippen LogP contribution in [0, 0.1) is 0 Å². The van der Waals surface area contributed by atoms with E-state index in [-0.39, 0.29) is 13.2 Å². The van der Waals surface area contributed by atoms with Gasteiger partial charge in [-0.1, -0.05) is 0 Å². The van der Waals surface area contributed by atoms with Crippen molar-refractivity contribution in [2.75, 3.05) is 26.4 Å². The molecule has 0 radical (unpaired) electrons. The molecule has 0 aromatic carbocycles. The highest BCUT2D eigenvalue weighted by Crippen LogP contribution is 2.29. The normalized spacial score (nSPS) is 47.1. The third kappa shape index (κ3) is 4.49. The van der Waals surface area contributed by atoms with Gasteiger partial charge in [0.05, 0.1) is 19.8 Å². The Hall–Kier alpha value is -0.480. The van der Waals surface area contributed by atoms with Gasteiger partial charge in [-0.15, -0.1) is 0 Å². The molecule has 0 aromatic heterocycles. The Morgan fingerprint density at radius 2 is 1.42 bits per heavy atom. The molecule has 2 rings (SSSR count). The monoisotopic (exact) mass is 385 g/mol. The van der Waals surface area contributed by atoms with Crippen LogP contribution in [0.15, 0.2) is 0 Å². The quantitative estimate of drug-likeness (QED) is 0.207. The van der Waals surface area contributed by atoms with Crippen molar-refractivity contribution >= 4 is 0 Å². The Balaban J connectivity index is 2.13. The first-order chi connectivity index (χ1) is 12.3. The highest BCUT2D eigenvalue weighted by molar-refractivity contribution is 4.94. The summed E-state index contributed by atoms with van der Waals surface area (Å²) in [4.78, 5) is 0. The third-order valence-electron chi connectivity index (χ3n) is 4.38. The average Bonchev–Trinajstić information content (AvgIpc) is 2.63. The van der Waals surface area contributed by atoms with Gasteiger partial charge in [0.15, 0.2) is 12.6 Å². The van der Waals surface area contributed by atoms with E-state index in [0.717, 1.165) is 0 Å². The fourth-order valence-electron chi connectivity index (χ4n) is 2.94. The van der Waals surface area contributed by atoms with Crippen LogP contribution < -0.4 is 5.73 Å². The maximum atomic E-state index is 10.4. The van der Waals surface area contributed by atoms with Gasteiger partial charge in [-0.25, -0.2) is 0 Å². The van der Waals surface area contributed by atoms with Crippen molar-refractivity contribution in [3.63, 3.8) is 0 Å². The van der Waals surface area contributed by atoms with Crippen molar-refractivity contribution in [3.8, 4) is 0 Å². The van der Waals surface area contributed by atoms with Crippen LogP contribution in [-0.2, 0) is 18.9 Å². The number of nitrogens with two attached hydrogens (primary N) is 1. The van der Waals surface area contributed by atoms with Crippen molar-refractivity contribution in [1.29, 1.82) is 0 Å². The predicted molar refractivity (Wildman–Crippen MR) is 81.4 cm³/mol. The first-order valence-electron chi connectivity index (χ1n) is 8.25. The molecule has 12 heteroatoms. The lowest BCUT2D eigenvalue weighted by Crippen LogP contribution is -2.64. The molecule has 10 atom stereocenters. The van der Waals surface area contributed by atoms with Crippen LogP contribution in [0.4, 0.5) is 0 Å². The van der Waals surface area contributed by atoms with Crippen molar-refractivity contribution < 1.29 is 54.7 Å². The van der Waals surface area contributed by atoms with Crippen LogP contribution in [0.1, 0.15) is 0 Å². The summed E-state index contributed by atoms with van der Waals surface area (Å²) in [5.74, 6) is 0. The maximum absolute atomic E-state index is 10.4. The molecular weight excluding hydrogens is 358 g/mol. The summed E-state index contributed by atoms with van der Waals surface area (Å²) in [6, 6.07) is 0. The van der Waals surface area contributed by atoms with Crippen LogP contribution >= 0.6 is 0 Å². The Morgan fingerprint density at radius 3 is 2.00 bits per heavy atom. The maximum Gasteiger partial charge on any atom is 0.187 e. The minimum Gasteiger partial charge on any atom is -0.394 e. The largest absolute Gasteiger partial charge is 0.394 e. The predicted octanol–water partition coefficient (Wildman–Crippen LogP) is -5.41. The SMILES string of the molecule is NCCO[C@@H]1[C@@H](O)[C@@H](O[C@H]2O[C@H](CO)[C@H](O)[C@H](O)[C@H]2O)[C@@H](CO)O[C@H]1O. The lowest BCUT2D eigenvalue weighted by molar-refractivity contribution is -0.358. The van der Waals surface area contributed by atoms with Gasteiger partial charge in [0.2, 0.25) is 0 Å². The summed E-state index contributed by atoms with van der Waals surface area (Å²) in [6.45, 7) is -1.16. The van der Waals surface area contributed by atoms with Gasteiger partial charge in [-0.05, 0) is 0 Å². The van der Waals surface area contributed by atoms with E-state index in [9.17, 15) is 35.7 Å². The van der Waals surface area contributed by atoms with E-state index in [4.69, 9.17) is 24.7 Å². The van der Waals surface area contributed by atoms with Gasteiger partial charge in [-0.2, -0.15) is 0 Å². The summed E-state index contributed by atoms with van der Waals surface area (Å²) >= 11 is 0. The molecule has 2 aliphatic heterocycles. The van der Waals surface area contributed by atoms with Crippen LogP contribution in [0.3, 0.4) is 0 Å². The molecule has 2 heterocycles. The number of ether oxygens (including phenoxy) is 4. The zero-order chi connectivity index (χ0) is 19.4. The Labute approximate surface area is 149 Å². The summed E-state index contributed by atoms with van der Waals surface area (Å²) in [5.41, 5.74) is 5.32. The number of hydrogen-bond acceptors (Lipinski definition) is 12. The van der Waals surface area contributed by atoms with Crippen molar-refractivity contribution in [3.05, 3.63) is 0 Å². The Bertz CT molecular complexity index is 428. The highest BCUT2D eigenvalue weighted by Gasteiger charge is 2.50. The first kappa shape index (κ1) is 21.8. The molecule has 0 aliphatic carbocycles. The fourth-order valence-corrected chi connectivity index (χ4v) is 2.94. The lowest BCUT2D eigenvalue weighted by atomic mass is 9.97. The molecule has 2 aliphatic rings. The molecule has 0 unspecified atom stereocenters. The standard InChI is InChI=1S/C14H27NO11/c15-1-2-23-12-10(21)11(6(4-17)24-13(12)22)26-14-9(20)8(19)7(18)5(3-16)25-14/h5-14,16-22H,1-4,15H2/t5-,6-,7+,8+,9-,10+,11+,12-,13-,14-/m1/s1. The van der Waals surface area contributed by atoms with Gasteiger partial charge in [-0.3, -0.25) is 0 Å². The second-order valence-corrected chi connectivity index (χ2v) is 6.16. The number of rotatable bonds is 7. The molecule has 26 heavy (non-hydrogen) atoms. The van der Waals surface area contributed by atoms with E-state index in [1.54, 1.807) is 0 Å². The number of aliphatic hydroxyl groups excluding tert-OH is 7. The van der Waals surface area contributed by atoms with E-state index in [0.29, 0.717) is 0 Å². The van der Waals surface area contributed by atoms with E-state index >= 15 is 0 Å². The van der Waals surface area contributed by atoms with Crippen LogP contribution in [-0.4, -0.2) is 124 Å². The molecule has 2 fully saturated rings.